The normalized spacial score (nSPS) is 25.4. The zero-order chi connectivity index (χ0) is 25.8. The van der Waals surface area contributed by atoms with Gasteiger partial charge < -0.3 is 20.1 Å². The number of hydrogen-bond acceptors (Lipinski definition) is 5. The highest BCUT2D eigenvalue weighted by Crippen LogP contribution is 2.57. The highest BCUT2D eigenvalue weighted by Gasteiger charge is 2.53. The summed E-state index contributed by atoms with van der Waals surface area (Å²) in [4.78, 5) is 17.6. The molecule has 0 bridgehead atoms. The van der Waals surface area contributed by atoms with Gasteiger partial charge >= 0.3 is 0 Å². The number of nitrogens with one attached hydrogen (secondary N) is 1. The Labute approximate surface area is 224 Å². The average molecular weight is 632 g/mol. The molecule has 5 rings (SSSR count). The Morgan fingerprint density at radius 1 is 1.31 bits per heavy atom. The van der Waals surface area contributed by atoms with E-state index in [0.717, 1.165) is 0 Å². The maximum Gasteiger partial charge on any atom is 0.274 e. The van der Waals surface area contributed by atoms with Crippen LogP contribution in [0.4, 0.5) is 14.5 Å². The van der Waals surface area contributed by atoms with E-state index in [-0.39, 0.29) is 51.2 Å². The molecule has 0 aliphatic heterocycles. The van der Waals surface area contributed by atoms with Gasteiger partial charge in [0.15, 0.2) is 9.52 Å². The van der Waals surface area contributed by atoms with Crippen LogP contribution in [0.25, 0.3) is 0 Å². The van der Waals surface area contributed by atoms with E-state index in [0.29, 0.717) is 42.8 Å². The lowest BCUT2D eigenvalue weighted by Gasteiger charge is -2.25. The van der Waals surface area contributed by atoms with Gasteiger partial charge in [-0.05, 0) is 78.3 Å². The SMILES string of the molecule is Cn1cnc(C2CC3CC(O)(c4c(F)c(I)nn4CCO)CC3C2)c1C(=O)Nc1ccc(F)c(Cl)c1. The molecule has 2 saturated carbocycles. The van der Waals surface area contributed by atoms with Crippen LogP contribution in [0, 0.1) is 27.2 Å². The first-order valence-corrected chi connectivity index (χ1v) is 13.1. The summed E-state index contributed by atoms with van der Waals surface area (Å²) in [7, 11) is 1.74. The molecule has 192 valence electrons. The summed E-state index contributed by atoms with van der Waals surface area (Å²) in [5.41, 5.74) is 0.248. The first kappa shape index (κ1) is 25.6. The number of aromatic nitrogens is 4. The number of amides is 1. The lowest BCUT2D eigenvalue weighted by Crippen LogP contribution is -2.29. The maximum absolute atomic E-state index is 14.9. The minimum atomic E-state index is -1.36. The van der Waals surface area contributed by atoms with E-state index in [1.807, 2.05) is 0 Å². The molecule has 0 saturated heterocycles. The Hall–Kier alpha value is -2.09. The van der Waals surface area contributed by atoms with Gasteiger partial charge in [0.05, 0.1) is 30.2 Å². The van der Waals surface area contributed by atoms with Crippen molar-refractivity contribution in [1.29, 1.82) is 0 Å². The molecule has 2 unspecified atom stereocenters. The van der Waals surface area contributed by atoms with Gasteiger partial charge in [-0.25, -0.2) is 13.8 Å². The Morgan fingerprint density at radius 3 is 2.64 bits per heavy atom. The number of fused-ring (bicyclic) bond motifs is 1. The van der Waals surface area contributed by atoms with Crippen molar-refractivity contribution in [2.45, 2.75) is 43.7 Å². The second-order valence-electron chi connectivity index (χ2n) is 9.70. The summed E-state index contributed by atoms with van der Waals surface area (Å²) in [6.45, 7) is -0.0922. The molecule has 36 heavy (non-hydrogen) atoms. The van der Waals surface area contributed by atoms with Crippen LogP contribution in [0.2, 0.25) is 5.02 Å². The molecule has 12 heteroatoms. The Bertz CT molecular complexity index is 1320. The second kappa shape index (κ2) is 9.66. The molecular weight excluding hydrogens is 607 g/mol. The third-order valence-corrected chi connectivity index (χ3v) is 8.37. The molecule has 2 atom stereocenters. The number of imidazole rings is 1. The monoisotopic (exact) mass is 631 g/mol. The fourth-order valence-corrected chi connectivity index (χ4v) is 6.68. The lowest BCUT2D eigenvalue weighted by molar-refractivity contribution is 0.0209. The molecule has 3 N–H and O–H groups in total. The highest BCUT2D eigenvalue weighted by atomic mass is 127. The third-order valence-electron chi connectivity index (χ3n) is 7.39. The van der Waals surface area contributed by atoms with Gasteiger partial charge in [-0.2, -0.15) is 5.10 Å². The highest BCUT2D eigenvalue weighted by molar-refractivity contribution is 14.1. The number of aliphatic hydroxyl groups is 2. The molecule has 1 aromatic carbocycles. The summed E-state index contributed by atoms with van der Waals surface area (Å²) in [5.74, 6) is -1.21. The smallest absolute Gasteiger partial charge is 0.274 e. The first-order chi connectivity index (χ1) is 17.1. The molecule has 1 amide bonds. The standard InChI is InChI=1S/C24H25ClF2IN5O3/c1-32-11-29-19(20(32)23(35)30-15-2-3-17(26)16(25)8-15)12-6-13-9-24(36,10-14(13)7-12)21-18(27)22(28)31-33(21)4-5-34/h2-3,8,11-14,34,36H,4-7,9-10H2,1H3,(H,30,35). The van der Waals surface area contributed by atoms with Crippen molar-refractivity contribution in [2.24, 2.45) is 18.9 Å². The summed E-state index contributed by atoms with van der Waals surface area (Å²) in [6, 6.07) is 3.99. The predicted molar refractivity (Wildman–Crippen MR) is 137 cm³/mol. The number of rotatable bonds is 6. The van der Waals surface area contributed by atoms with E-state index in [1.54, 1.807) is 40.5 Å². The number of halogens is 4. The van der Waals surface area contributed by atoms with Gasteiger partial charge in [-0.3, -0.25) is 9.48 Å². The number of nitrogens with zero attached hydrogens (tertiary/aromatic N) is 4. The van der Waals surface area contributed by atoms with E-state index in [2.05, 4.69) is 15.4 Å². The van der Waals surface area contributed by atoms with Crippen LogP contribution in [0.15, 0.2) is 24.5 Å². The van der Waals surface area contributed by atoms with E-state index >= 15 is 0 Å². The van der Waals surface area contributed by atoms with Crippen LogP contribution >= 0.6 is 34.2 Å². The lowest BCUT2D eigenvalue weighted by atomic mass is 9.90. The maximum atomic E-state index is 14.9. The van der Waals surface area contributed by atoms with Crippen LogP contribution in [0.3, 0.4) is 0 Å². The summed E-state index contributed by atoms with van der Waals surface area (Å²) in [6.07, 6.45) is 3.76. The Balaban J connectivity index is 1.34. The van der Waals surface area contributed by atoms with E-state index in [4.69, 9.17) is 11.6 Å². The van der Waals surface area contributed by atoms with Crippen LogP contribution in [-0.4, -0.2) is 42.1 Å². The minimum Gasteiger partial charge on any atom is -0.394 e. The molecular formula is C24H25ClF2IN5O3. The minimum absolute atomic E-state index is 0.00985. The van der Waals surface area contributed by atoms with E-state index in [1.165, 1.54) is 22.9 Å². The van der Waals surface area contributed by atoms with Crippen molar-refractivity contribution in [1.82, 2.24) is 19.3 Å². The number of hydrogen-bond donors (Lipinski definition) is 3. The molecule has 2 aliphatic carbocycles. The zero-order valence-electron chi connectivity index (χ0n) is 19.4. The Morgan fingerprint density at radius 2 is 2.00 bits per heavy atom. The molecule has 8 nitrogen and oxygen atoms in total. The fraction of sp³-hybridized carbons (Fsp3) is 0.458. The van der Waals surface area contributed by atoms with E-state index < -0.39 is 17.2 Å². The number of aryl methyl sites for hydroxylation is 1. The van der Waals surface area contributed by atoms with Crippen molar-refractivity contribution < 1.29 is 23.8 Å². The van der Waals surface area contributed by atoms with Gasteiger partial charge in [0.1, 0.15) is 22.8 Å². The molecule has 0 spiro atoms. The van der Waals surface area contributed by atoms with Gasteiger partial charge in [0.2, 0.25) is 0 Å². The van der Waals surface area contributed by atoms with Gasteiger partial charge in [-0.1, -0.05) is 11.6 Å². The Kier molecular flexibility index (Phi) is 6.85. The van der Waals surface area contributed by atoms with Gasteiger partial charge in [0.25, 0.3) is 5.91 Å². The van der Waals surface area contributed by atoms with Crippen molar-refractivity contribution in [3.05, 3.63) is 62.0 Å². The van der Waals surface area contributed by atoms with Crippen LogP contribution < -0.4 is 5.32 Å². The number of anilines is 1. The molecule has 2 aromatic heterocycles. The second-order valence-corrected chi connectivity index (χ2v) is 11.1. The van der Waals surface area contributed by atoms with E-state index in [9.17, 15) is 23.8 Å². The largest absolute Gasteiger partial charge is 0.394 e. The van der Waals surface area contributed by atoms with Gasteiger partial charge in [0, 0.05) is 18.7 Å². The summed E-state index contributed by atoms with van der Waals surface area (Å²) >= 11 is 7.64. The summed E-state index contributed by atoms with van der Waals surface area (Å²) in [5, 5.41) is 27.7. The van der Waals surface area contributed by atoms with Crippen LogP contribution in [-0.2, 0) is 19.2 Å². The van der Waals surface area contributed by atoms with Crippen LogP contribution in [0.1, 0.15) is 53.5 Å². The number of carbonyl (C=O) groups is 1. The molecule has 2 aliphatic rings. The van der Waals surface area contributed by atoms with Crippen molar-refractivity contribution >= 4 is 45.8 Å². The quantitative estimate of drug-likeness (QED) is 0.354. The fourth-order valence-electron chi connectivity index (χ4n) is 5.98. The third kappa shape index (κ3) is 4.44. The van der Waals surface area contributed by atoms with Gasteiger partial charge in [-0.15, -0.1) is 0 Å². The van der Waals surface area contributed by atoms with Crippen LogP contribution in [0.5, 0.6) is 0 Å². The number of aliphatic hydroxyl groups excluding tert-OH is 1. The first-order valence-electron chi connectivity index (χ1n) is 11.6. The predicted octanol–water partition coefficient (Wildman–Crippen LogP) is 4.19. The topological polar surface area (TPSA) is 105 Å². The molecule has 3 aromatic rings. The van der Waals surface area contributed by atoms with Crippen molar-refractivity contribution in [2.75, 3.05) is 11.9 Å². The summed E-state index contributed by atoms with van der Waals surface area (Å²) < 4.78 is 31.6. The number of carbonyl (C=O) groups excluding carboxylic acids is 1. The molecule has 2 heterocycles. The molecule has 0 radical (unpaired) electrons. The van der Waals surface area contributed by atoms with Crippen molar-refractivity contribution in [3.63, 3.8) is 0 Å². The van der Waals surface area contributed by atoms with Crippen molar-refractivity contribution in [3.8, 4) is 0 Å². The zero-order valence-corrected chi connectivity index (χ0v) is 22.3. The average Bonchev–Trinajstić information content (AvgIpc) is 3.53. The number of benzene rings is 1. The molecule has 2 fully saturated rings.